The van der Waals surface area contributed by atoms with E-state index in [0.717, 1.165) is 5.69 Å². The van der Waals surface area contributed by atoms with E-state index in [9.17, 15) is 0 Å². The topological polar surface area (TPSA) is 67.6 Å². The van der Waals surface area contributed by atoms with Crippen molar-refractivity contribution in [3.05, 3.63) is 17.3 Å². The van der Waals surface area contributed by atoms with Crippen molar-refractivity contribution in [3.8, 4) is 10.6 Å². The zero-order valence-electron chi connectivity index (χ0n) is 7.53. The van der Waals surface area contributed by atoms with Gasteiger partial charge in [-0.2, -0.15) is 5.10 Å². The Morgan fingerprint density at radius 3 is 3.00 bits per heavy atom. The standard InChI is InChI=1S/C9H10N4S/c10-7-3-6(12-13-7)9-8(5-1-2-5)11-4-14-9/h3-5H,1-2H2,(H3,10,12,13). The van der Waals surface area contributed by atoms with Crippen LogP contribution in [0, 0.1) is 0 Å². The molecule has 0 aromatic carbocycles. The van der Waals surface area contributed by atoms with Gasteiger partial charge in [-0.05, 0) is 12.8 Å². The number of aromatic amines is 1. The van der Waals surface area contributed by atoms with Gasteiger partial charge in [0.2, 0.25) is 0 Å². The lowest BCUT2D eigenvalue weighted by atomic mass is 10.2. The number of anilines is 1. The summed E-state index contributed by atoms with van der Waals surface area (Å²) in [6.07, 6.45) is 2.53. The smallest absolute Gasteiger partial charge is 0.145 e. The van der Waals surface area contributed by atoms with Crippen LogP contribution in [0.3, 0.4) is 0 Å². The fourth-order valence-corrected chi connectivity index (χ4v) is 2.40. The second kappa shape index (κ2) is 2.81. The molecule has 0 amide bonds. The molecule has 72 valence electrons. The Kier molecular flexibility index (Phi) is 1.61. The van der Waals surface area contributed by atoms with Crippen molar-refractivity contribution in [2.24, 2.45) is 0 Å². The number of H-pyrrole nitrogens is 1. The minimum absolute atomic E-state index is 0.537. The Hall–Kier alpha value is -1.36. The molecule has 5 heteroatoms. The molecule has 0 aliphatic heterocycles. The van der Waals surface area contributed by atoms with Gasteiger partial charge in [-0.15, -0.1) is 11.3 Å². The van der Waals surface area contributed by atoms with Crippen molar-refractivity contribution in [2.45, 2.75) is 18.8 Å². The number of nitrogens with zero attached hydrogens (tertiary/aromatic N) is 2. The molecule has 1 aliphatic rings. The first-order valence-corrected chi connectivity index (χ1v) is 5.47. The SMILES string of the molecule is Nc1cc(-c2scnc2C2CC2)[nH]n1. The Morgan fingerprint density at radius 1 is 1.50 bits per heavy atom. The third-order valence-electron chi connectivity index (χ3n) is 2.40. The predicted octanol–water partition coefficient (Wildman–Crippen LogP) is 1.99. The molecule has 0 unspecified atom stereocenters. The van der Waals surface area contributed by atoms with E-state index in [1.165, 1.54) is 23.4 Å². The molecule has 4 nitrogen and oxygen atoms in total. The van der Waals surface area contributed by atoms with Crippen LogP contribution in [0.15, 0.2) is 11.6 Å². The van der Waals surface area contributed by atoms with Crippen LogP contribution in [0.1, 0.15) is 24.5 Å². The van der Waals surface area contributed by atoms with Crippen LogP contribution in [0.5, 0.6) is 0 Å². The maximum absolute atomic E-state index is 5.57. The van der Waals surface area contributed by atoms with Crippen LogP contribution in [0.25, 0.3) is 10.6 Å². The Labute approximate surface area is 85.2 Å². The highest BCUT2D eigenvalue weighted by Crippen LogP contribution is 2.44. The van der Waals surface area contributed by atoms with Crippen LogP contribution in [0.4, 0.5) is 5.82 Å². The summed E-state index contributed by atoms with van der Waals surface area (Å²) >= 11 is 1.65. The molecule has 0 atom stereocenters. The number of nitrogens with two attached hydrogens (primary N) is 1. The van der Waals surface area contributed by atoms with Crippen molar-refractivity contribution in [1.29, 1.82) is 0 Å². The number of nitrogens with one attached hydrogen (secondary N) is 1. The van der Waals surface area contributed by atoms with Gasteiger partial charge in [0, 0.05) is 12.0 Å². The normalized spacial score (nSPS) is 16.0. The quantitative estimate of drug-likeness (QED) is 0.789. The van der Waals surface area contributed by atoms with Gasteiger partial charge in [-0.3, -0.25) is 5.10 Å². The van der Waals surface area contributed by atoms with Crippen molar-refractivity contribution in [3.63, 3.8) is 0 Å². The third kappa shape index (κ3) is 1.21. The van der Waals surface area contributed by atoms with E-state index >= 15 is 0 Å². The molecule has 1 fully saturated rings. The predicted molar refractivity (Wildman–Crippen MR) is 56.1 cm³/mol. The van der Waals surface area contributed by atoms with Gasteiger partial charge in [-0.25, -0.2) is 4.98 Å². The van der Waals surface area contributed by atoms with Gasteiger partial charge in [0.05, 0.1) is 21.8 Å². The van der Waals surface area contributed by atoms with Crippen LogP contribution in [-0.4, -0.2) is 15.2 Å². The van der Waals surface area contributed by atoms with E-state index < -0.39 is 0 Å². The molecule has 1 aliphatic carbocycles. The summed E-state index contributed by atoms with van der Waals surface area (Å²) in [4.78, 5) is 5.59. The van der Waals surface area contributed by atoms with Crippen molar-refractivity contribution < 1.29 is 0 Å². The fourth-order valence-electron chi connectivity index (χ4n) is 1.56. The molecule has 0 bridgehead atoms. The van der Waals surface area contributed by atoms with E-state index in [4.69, 9.17) is 5.73 Å². The maximum Gasteiger partial charge on any atom is 0.145 e. The van der Waals surface area contributed by atoms with Crippen LogP contribution in [0.2, 0.25) is 0 Å². The minimum atomic E-state index is 0.537. The number of hydrogen-bond acceptors (Lipinski definition) is 4. The van der Waals surface area contributed by atoms with Crippen molar-refractivity contribution in [1.82, 2.24) is 15.2 Å². The molecule has 3 rings (SSSR count). The van der Waals surface area contributed by atoms with E-state index in [-0.39, 0.29) is 0 Å². The molecule has 3 N–H and O–H groups in total. The number of aromatic nitrogens is 3. The summed E-state index contributed by atoms with van der Waals surface area (Å²) in [5.41, 5.74) is 9.66. The molecule has 2 aromatic rings. The summed E-state index contributed by atoms with van der Waals surface area (Å²) < 4.78 is 0. The van der Waals surface area contributed by atoms with Crippen molar-refractivity contribution >= 4 is 17.2 Å². The molecule has 2 aromatic heterocycles. The first kappa shape index (κ1) is 7.99. The van der Waals surface area contributed by atoms with Crippen molar-refractivity contribution in [2.75, 3.05) is 5.73 Å². The first-order chi connectivity index (χ1) is 6.84. The second-order valence-electron chi connectivity index (χ2n) is 3.55. The maximum atomic E-state index is 5.57. The lowest BCUT2D eigenvalue weighted by molar-refractivity contribution is 1.04. The van der Waals surface area contributed by atoms with Gasteiger partial charge in [0.15, 0.2) is 0 Å². The lowest BCUT2D eigenvalue weighted by Crippen LogP contribution is -1.83. The molecule has 0 spiro atoms. The van der Waals surface area contributed by atoms with Gasteiger partial charge in [0.25, 0.3) is 0 Å². The number of hydrogen-bond donors (Lipinski definition) is 2. The molecule has 14 heavy (non-hydrogen) atoms. The van der Waals surface area contributed by atoms with Gasteiger partial charge >= 0.3 is 0 Å². The molecule has 0 radical (unpaired) electrons. The monoisotopic (exact) mass is 206 g/mol. The van der Waals surface area contributed by atoms with Crippen LogP contribution >= 0.6 is 11.3 Å². The zero-order chi connectivity index (χ0) is 9.54. The van der Waals surface area contributed by atoms with Gasteiger partial charge in [0.1, 0.15) is 5.82 Å². The second-order valence-corrected chi connectivity index (χ2v) is 4.40. The number of rotatable bonds is 2. The highest BCUT2D eigenvalue weighted by molar-refractivity contribution is 7.13. The molecular formula is C9H10N4S. The summed E-state index contributed by atoms with van der Waals surface area (Å²) in [6.45, 7) is 0. The number of nitrogen functional groups attached to an aromatic ring is 1. The van der Waals surface area contributed by atoms with E-state index in [2.05, 4.69) is 15.2 Å². The zero-order valence-corrected chi connectivity index (χ0v) is 8.34. The van der Waals surface area contributed by atoms with Gasteiger partial charge in [-0.1, -0.05) is 0 Å². The largest absolute Gasteiger partial charge is 0.382 e. The summed E-state index contributed by atoms with van der Waals surface area (Å²) in [5, 5.41) is 6.85. The summed E-state index contributed by atoms with van der Waals surface area (Å²) in [5.74, 6) is 1.20. The van der Waals surface area contributed by atoms with Gasteiger partial charge < -0.3 is 5.73 Å². The Morgan fingerprint density at radius 2 is 2.36 bits per heavy atom. The highest BCUT2D eigenvalue weighted by Gasteiger charge is 2.29. The van der Waals surface area contributed by atoms with E-state index in [1.54, 1.807) is 11.3 Å². The minimum Gasteiger partial charge on any atom is -0.382 e. The third-order valence-corrected chi connectivity index (χ3v) is 3.28. The van der Waals surface area contributed by atoms with E-state index in [0.29, 0.717) is 11.7 Å². The van der Waals surface area contributed by atoms with Crippen LogP contribution in [-0.2, 0) is 0 Å². The summed E-state index contributed by atoms with van der Waals surface area (Å²) in [6, 6.07) is 1.86. The molecule has 2 heterocycles. The Bertz CT molecular complexity index is 455. The highest BCUT2D eigenvalue weighted by atomic mass is 32.1. The molecular weight excluding hydrogens is 196 g/mol. The summed E-state index contributed by atoms with van der Waals surface area (Å²) in [7, 11) is 0. The van der Waals surface area contributed by atoms with Crippen LogP contribution < -0.4 is 5.73 Å². The average molecular weight is 206 g/mol. The Balaban J connectivity index is 2.06. The molecule has 0 saturated heterocycles. The first-order valence-electron chi connectivity index (χ1n) is 4.59. The lowest BCUT2D eigenvalue weighted by Gasteiger charge is -1.95. The number of thiazole rings is 1. The average Bonchev–Trinajstić information content (AvgIpc) is 2.75. The molecule has 1 saturated carbocycles. The fraction of sp³-hybridized carbons (Fsp3) is 0.333. The van der Waals surface area contributed by atoms with E-state index in [1.807, 2.05) is 11.6 Å².